The molecule has 0 saturated heterocycles. The first-order valence-electron chi connectivity index (χ1n) is 11.2. The average molecular weight is 571 g/mol. The van der Waals surface area contributed by atoms with Crippen molar-refractivity contribution in [3.05, 3.63) is 124 Å². The zero-order valence-corrected chi connectivity index (χ0v) is 26.1. The van der Waals surface area contributed by atoms with Crippen LogP contribution in [0.5, 0.6) is 0 Å². The molecule has 1 radical (unpaired) electrons. The molecule has 1 atom stereocenters. The predicted octanol–water partition coefficient (Wildman–Crippen LogP) is 0.297. The summed E-state index contributed by atoms with van der Waals surface area (Å²) in [5.74, 6) is -0.0539. The monoisotopic (exact) mass is 570 g/mol. The van der Waals surface area contributed by atoms with Gasteiger partial charge in [-0.3, -0.25) is 6.08 Å². The van der Waals surface area contributed by atoms with Gasteiger partial charge in [0, 0.05) is 0 Å². The van der Waals surface area contributed by atoms with E-state index < -0.39 is 5.91 Å². The number of carbonyl (C=O) groups is 1. The molecule has 1 unspecified atom stereocenters. The molecule has 1 aliphatic carbocycles. The Bertz CT molecular complexity index is 1070. The number of aryl methyl sites for hydroxylation is 2. The summed E-state index contributed by atoms with van der Waals surface area (Å²) in [5, 5.41) is 2.90. The van der Waals surface area contributed by atoms with Crippen molar-refractivity contribution in [2.75, 3.05) is 0 Å². The number of hydrogen-bond acceptors (Lipinski definition) is 1. The fourth-order valence-corrected chi connectivity index (χ4v) is 4.77. The number of allylic oxidation sites excluding steroid dienone is 4. The topological polar surface area (TPSA) is 40.9 Å². The Morgan fingerprint density at radius 3 is 1.47 bits per heavy atom. The van der Waals surface area contributed by atoms with Gasteiger partial charge in [0.1, 0.15) is 9.52 Å². The minimum atomic E-state index is -0.614. The largest absolute Gasteiger partial charge is 4.00 e. The van der Waals surface area contributed by atoms with Crippen molar-refractivity contribution in [3.63, 3.8) is 0 Å². The van der Waals surface area contributed by atoms with Crippen molar-refractivity contribution in [1.82, 2.24) is 0 Å². The van der Waals surface area contributed by atoms with Crippen LogP contribution in [0.4, 0.5) is 0 Å². The summed E-state index contributed by atoms with van der Waals surface area (Å²) >= 11 is 0. The van der Waals surface area contributed by atoms with Crippen LogP contribution >= 0.6 is 0 Å². The second kappa shape index (κ2) is 18.4. The van der Waals surface area contributed by atoms with Crippen LogP contribution in [0.3, 0.4) is 0 Å². The first-order valence-corrected chi connectivity index (χ1v) is 12.4. The Hall–Kier alpha value is -1.88. The molecule has 1 N–H and O–H groups in total. The standard InChI is InChI=1S/C12H11Si.C9H11NO.C9H13.2ClH.Ti/c1-3-7-11(8-4-1)13-12-9-5-2-6-10-12;1-6-3-7(2)5-8(4-6)9(10)11;1-6-5-7(2)9(4)8(6)3;;;/h1-10,13H;3-5H,1-2H3,(H2,10,11);6H,1-4H3;2*1H;/q;;-1;;;+4/p-3. The molecular formula is C30H34Cl2NOSiTi. The third-order valence-corrected chi connectivity index (χ3v) is 7.09. The van der Waals surface area contributed by atoms with Gasteiger partial charge in [0.05, 0.1) is 5.91 Å². The van der Waals surface area contributed by atoms with Gasteiger partial charge in [-0.25, -0.2) is 5.57 Å². The normalized spacial score (nSPS) is 13.3. The number of nitrogens with one attached hydrogen (secondary N) is 1. The van der Waals surface area contributed by atoms with E-state index in [1.54, 1.807) is 12.1 Å². The van der Waals surface area contributed by atoms with Crippen LogP contribution < -0.4 is 35.2 Å². The van der Waals surface area contributed by atoms with Crippen LogP contribution in [-0.4, -0.2) is 15.4 Å². The van der Waals surface area contributed by atoms with Crippen LogP contribution in [0, 0.1) is 25.8 Å². The van der Waals surface area contributed by atoms with Crippen molar-refractivity contribution < 1.29 is 51.3 Å². The molecule has 4 rings (SSSR count). The molecule has 1 amide bonds. The third kappa shape index (κ3) is 12.4. The summed E-state index contributed by atoms with van der Waals surface area (Å²) in [4.78, 5) is 10.6. The Labute approximate surface area is 247 Å². The van der Waals surface area contributed by atoms with Gasteiger partial charge in [-0.1, -0.05) is 127 Å². The molecule has 36 heavy (non-hydrogen) atoms. The van der Waals surface area contributed by atoms with Crippen molar-refractivity contribution in [3.8, 4) is 0 Å². The molecule has 1 aliphatic rings. The van der Waals surface area contributed by atoms with Crippen LogP contribution in [0.2, 0.25) is 0 Å². The van der Waals surface area contributed by atoms with Crippen molar-refractivity contribution in [2.24, 2.45) is 5.92 Å². The van der Waals surface area contributed by atoms with E-state index in [0.29, 0.717) is 11.5 Å². The van der Waals surface area contributed by atoms with E-state index >= 15 is 0 Å². The summed E-state index contributed by atoms with van der Waals surface area (Å²) in [7, 11) is 0.271. The van der Waals surface area contributed by atoms with Crippen LogP contribution in [0.25, 0.3) is 5.73 Å². The van der Waals surface area contributed by atoms with Gasteiger partial charge in [0.15, 0.2) is 0 Å². The van der Waals surface area contributed by atoms with Gasteiger partial charge in [0.2, 0.25) is 0 Å². The second-order valence-corrected chi connectivity index (χ2v) is 10.1. The molecule has 187 valence electrons. The van der Waals surface area contributed by atoms with Gasteiger partial charge >= 0.3 is 21.7 Å². The maximum absolute atomic E-state index is 10.6. The van der Waals surface area contributed by atoms with Gasteiger partial charge in [0.25, 0.3) is 0 Å². The van der Waals surface area contributed by atoms with Gasteiger partial charge in [-0.15, -0.1) is 6.92 Å². The summed E-state index contributed by atoms with van der Waals surface area (Å²) in [6, 6.07) is 26.8. The number of hydrogen-bond donors (Lipinski definition) is 0. The van der Waals surface area contributed by atoms with E-state index in [2.05, 4.69) is 94.4 Å². The maximum Gasteiger partial charge on any atom is 4.00 e. The number of carbonyl (C=O) groups excluding carboxylic acids is 1. The summed E-state index contributed by atoms with van der Waals surface area (Å²) in [6.07, 6.45) is 3.36. The van der Waals surface area contributed by atoms with E-state index in [0.717, 1.165) is 11.1 Å². The fourth-order valence-electron chi connectivity index (χ4n) is 3.56. The van der Waals surface area contributed by atoms with E-state index in [-0.39, 0.29) is 56.1 Å². The SMILES string of the molecule is CC1=[C-]C(C)C(C)=C1C.Cc1cc(C)cc(C([NH-])=O)c1.[Cl-].[Cl-].[Ti+4].c1ccc([SiH]c2ccccc2)cc1. The molecule has 2 nitrogen and oxygen atoms in total. The van der Waals surface area contributed by atoms with Crippen LogP contribution in [-0.2, 0) is 21.7 Å². The first kappa shape index (κ1) is 36.3. The first-order chi connectivity index (χ1) is 15.7. The van der Waals surface area contributed by atoms with E-state index in [9.17, 15) is 4.79 Å². The molecule has 0 aliphatic heterocycles. The van der Waals surface area contributed by atoms with Gasteiger partial charge in [-0.2, -0.15) is 11.1 Å². The average Bonchev–Trinajstić information content (AvgIpc) is 3.01. The summed E-state index contributed by atoms with van der Waals surface area (Å²) < 4.78 is 0. The Balaban J connectivity index is 0. The van der Waals surface area contributed by atoms with Crippen LogP contribution in [0.1, 0.15) is 49.2 Å². The Morgan fingerprint density at radius 1 is 0.778 bits per heavy atom. The molecule has 3 aromatic rings. The van der Waals surface area contributed by atoms with Gasteiger partial charge in [-0.05, 0) is 19.4 Å². The smallest absolute Gasteiger partial charge is 1.00 e. The van der Waals surface area contributed by atoms with Crippen molar-refractivity contribution in [2.45, 2.75) is 41.5 Å². The van der Waals surface area contributed by atoms with E-state index in [1.165, 1.54) is 27.1 Å². The molecule has 3 aromatic carbocycles. The third-order valence-electron chi connectivity index (χ3n) is 5.65. The summed E-state index contributed by atoms with van der Waals surface area (Å²) in [6.45, 7) is 12.5. The second-order valence-electron chi connectivity index (χ2n) is 8.47. The fraction of sp³-hybridized carbons (Fsp3) is 0.233. The van der Waals surface area contributed by atoms with E-state index in [4.69, 9.17) is 5.73 Å². The molecule has 6 heteroatoms. The van der Waals surface area contributed by atoms with Gasteiger partial charge < -0.3 is 35.3 Å². The quantitative estimate of drug-likeness (QED) is 0.330. The van der Waals surface area contributed by atoms with Crippen molar-refractivity contribution >= 4 is 25.8 Å². The molecule has 0 saturated carbocycles. The number of amides is 1. The zero-order valence-electron chi connectivity index (χ0n) is 21.8. The maximum atomic E-state index is 10.6. The molecule has 0 spiro atoms. The van der Waals surface area contributed by atoms with Crippen molar-refractivity contribution in [1.29, 1.82) is 0 Å². The summed E-state index contributed by atoms with van der Waals surface area (Å²) in [5.41, 5.74) is 13.6. The number of benzene rings is 3. The van der Waals surface area contributed by atoms with Crippen LogP contribution in [0.15, 0.2) is 95.6 Å². The minimum Gasteiger partial charge on any atom is -1.00 e. The van der Waals surface area contributed by atoms with E-state index in [1.807, 2.05) is 19.9 Å². The molecule has 0 fully saturated rings. The predicted molar refractivity (Wildman–Crippen MR) is 144 cm³/mol. The molecular weight excluding hydrogens is 537 g/mol. The zero-order chi connectivity index (χ0) is 24.4. The number of rotatable bonds is 3. The molecule has 0 heterocycles. The number of halogens is 2. The minimum absolute atomic E-state index is 0. The molecule has 0 bridgehead atoms. The Kier molecular flexibility index (Phi) is 18.5. The molecule has 0 aromatic heterocycles. The Morgan fingerprint density at radius 2 is 1.19 bits per heavy atom.